The molecule has 0 aliphatic rings. The Morgan fingerprint density at radius 1 is 1.28 bits per heavy atom. The van der Waals surface area contributed by atoms with E-state index in [1.54, 1.807) is 10.7 Å². The van der Waals surface area contributed by atoms with E-state index in [1.165, 1.54) is 23.5 Å². The van der Waals surface area contributed by atoms with Gasteiger partial charge in [0.2, 0.25) is 0 Å². The van der Waals surface area contributed by atoms with E-state index in [1.807, 2.05) is 26.2 Å². The third-order valence-electron chi connectivity index (χ3n) is 5.39. The van der Waals surface area contributed by atoms with E-state index in [4.69, 9.17) is 5.73 Å². The number of thiophene rings is 1. The summed E-state index contributed by atoms with van der Waals surface area (Å²) in [5.74, 6) is -0.0804. The summed E-state index contributed by atoms with van der Waals surface area (Å²) in [6.07, 6.45) is -2.63. The van der Waals surface area contributed by atoms with E-state index in [0.717, 1.165) is 27.8 Å². The first-order chi connectivity index (χ1) is 15.0. The molecule has 3 N–H and O–H groups in total. The maximum absolute atomic E-state index is 13.3. The normalized spacial score (nSPS) is 12.9. The van der Waals surface area contributed by atoms with Crippen molar-refractivity contribution in [3.8, 4) is 11.3 Å². The van der Waals surface area contributed by atoms with Gasteiger partial charge in [-0.2, -0.15) is 18.3 Å². The van der Waals surface area contributed by atoms with Crippen LogP contribution in [-0.4, -0.2) is 28.3 Å². The lowest BCUT2D eigenvalue weighted by molar-refractivity contribution is -0.138. The number of rotatable bonds is 7. The highest BCUT2D eigenvalue weighted by Gasteiger charge is 2.33. The average Bonchev–Trinajstić information content (AvgIpc) is 3.29. The van der Waals surface area contributed by atoms with Crippen LogP contribution in [0, 0.1) is 6.92 Å². The number of alkyl halides is 3. The van der Waals surface area contributed by atoms with Crippen LogP contribution in [-0.2, 0) is 19.6 Å². The molecule has 1 unspecified atom stereocenters. The quantitative estimate of drug-likeness (QED) is 0.522. The lowest BCUT2D eigenvalue weighted by Gasteiger charge is -2.19. The third-order valence-corrected chi connectivity index (χ3v) is 6.44. The molecule has 5 nitrogen and oxygen atoms in total. The van der Waals surface area contributed by atoms with Crippen LogP contribution in [0.4, 0.5) is 13.2 Å². The van der Waals surface area contributed by atoms with Gasteiger partial charge in [0, 0.05) is 35.6 Å². The standard InChI is InChI=1S/C23H27F3N4OS/c1-13(2)18-12-28-30(4)21(18)17-10-20(32-14(17)3)22(31)29-16(11-27)9-15-7-5-6-8-19(15)23(24,25)26/h5-8,10,12-13,16H,9,11,27H2,1-4H3,(H,29,31). The van der Waals surface area contributed by atoms with Crippen LogP contribution in [0.3, 0.4) is 0 Å². The second-order valence-corrected chi connectivity index (χ2v) is 9.33. The summed E-state index contributed by atoms with van der Waals surface area (Å²) in [6.45, 7) is 6.13. The Morgan fingerprint density at radius 3 is 2.59 bits per heavy atom. The van der Waals surface area contributed by atoms with Gasteiger partial charge in [0.15, 0.2) is 0 Å². The molecule has 0 radical (unpaired) electrons. The first-order valence-corrected chi connectivity index (χ1v) is 11.1. The zero-order valence-electron chi connectivity index (χ0n) is 18.5. The molecule has 2 aromatic heterocycles. The molecule has 0 spiro atoms. The molecule has 1 aromatic carbocycles. The van der Waals surface area contributed by atoms with Crippen LogP contribution in [0.15, 0.2) is 36.5 Å². The molecule has 0 fully saturated rings. The molecule has 172 valence electrons. The van der Waals surface area contributed by atoms with Gasteiger partial charge in [0.25, 0.3) is 5.91 Å². The van der Waals surface area contributed by atoms with Crippen molar-refractivity contribution < 1.29 is 18.0 Å². The highest BCUT2D eigenvalue weighted by molar-refractivity contribution is 7.14. The molecule has 32 heavy (non-hydrogen) atoms. The lowest BCUT2D eigenvalue weighted by atomic mass is 9.99. The number of nitrogens with two attached hydrogens (primary N) is 1. The number of halogens is 3. The molecule has 9 heteroatoms. The predicted molar refractivity (Wildman–Crippen MR) is 121 cm³/mol. The second-order valence-electron chi connectivity index (χ2n) is 8.07. The monoisotopic (exact) mass is 464 g/mol. The summed E-state index contributed by atoms with van der Waals surface area (Å²) >= 11 is 1.34. The van der Waals surface area contributed by atoms with E-state index in [2.05, 4.69) is 24.3 Å². The van der Waals surface area contributed by atoms with Crippen molar-refractivity contribution >= 4 is 17.2 Å². The zero-order valence-corrected chi connectivity index (χ0v) is 19.3. The topological polar surface area (TPSA) is 72.9 Å². The molecule has 0 saturated carbocycles. The van der Waals surface area contributed by atoms with Gasteiger partial charge < -0.3 is 11.1 Å². The van der Waals surface area contributed by atoms with Crippen molar-refractivity contribution in [1.29, 1.82) is 0 Å². The number of aryl methyl sites for hydroxylation is 2. The molecule has 3 rings (SSSR count). The van der Waals surface area contributed by atoms with E-state index >= 15 is 0 Å². The molecule has 0 bridgehead atoms. The maximum atomic E-state index is 13.3. The Balaban J connectivity index is 1.82. The van der Waals surface area contributed by atoms with Gasteiger partial charge in [0.05, 0.1) is 22.3 Å². The minimum Gasteiger partial charge on any atom is -0.347 e. The number of nitrogens with zero attached hydrogens (tertiary/aromatic N) is 2. The summed E-state index contributed by atoms with van der Waals surface area (Å²) in [5, 5.41) is 7.16. The Labute approximate surface area is 189 Å². The van der Waals surface area contributed by atoms with Gasteiger partial charge in [-0.05, 0) is 37.0 Å². The fraction of sp³-hybridized carbons (Fsp3) is 0.391. The smallest absolute Gasteiger partial charge is 0.347 e. The van der Waals surface area contributed by atoms with Crippen LogP contribution in [0.25, 0.3) is 11.3 Å². The SMILES string of the molecule is Cc1sc(C(=O)NC(CN)Cc2ccccc2C(F)(F)F)cc1-c1c(C(C)C)cnn1C. The van der Waals surface area contributed by atoms with E-state index in [0.29, 0.717) is 4.88 Å². The summed E-state index contributed by atoms with van der Waals surface area (Å²) in [6, 6.07) is 6.55. The highest BCUT2D eigenvalue weighted by atomic mass is 32.1. The largest absolute Gasteiger partial charge is 0.416 e. The number of carbonyl (C=O) groups is 1. The average molecular weight is 465 g/mol. The first kappa shape index (κ1) is 24.0. The van der Waals surface area contributed by atoms with Crippen LogP contribution in [0.1, 0.15) is 51.0 Å². The van der Waals surface area contributed by atoms with Gasteiger partial charge in [-0.25, -0.2) is 0 Å². The molecule has 1 amide bonds. The Morgan fingerprint density at radius 2 is 1.97 bits per heavy atom. The molecular formula is C23H27F3N4OS. The maximum Gasteiger partial charge on any atom is 0.416 e. The van der Waals surface area contributed by atoms with Crippen molar-refractivity contribution in [2.75, 3.05) is 6.54 Å². The van der Waals surface area contributed by atoms with E-state index in [-0.39, 0.29) is 30.4 Å². The fourth-order valence-electron chi connectivity index (χ4n) is 3.73. The summed E-state index contributed by atoms with van der Waals surface area (Å²) in [4.78, 5) is 14.4. The Kier molecular flexibility index (Phi) is 7.09. The lowest BCUT2D eigenvalue weighted by Crippen LogP contribution is -2.41. The van der Waals surface area contributed by atoms with Crippen LogP contribution < -0.4 is 11.1 Å². The van der Waals surface area contributed by atoms with Crippen molar-refractivity contribution in [3.63, 3.8) is 0 Å². The summed E-state index contributed by atoms with van der Waals surface area (Å²) in [5.41, 5.74) is 8.16. The van der Waals surface area contributed by atoms with Gasteiger partial charge in [0.1, 0.15) is 0 Å². The zero-order chi connectivity index (χ0) is 23.6. The summed E-state index contributed by atoms with van der Waals surface area (Å²) < 4.78 is 41.7. The van der Waals surface area contributed by atoms with E-state index < -0.39 is 17.8 Å². The number of carbonyl (C=O) groups excluding carboxylic acids is 1. The number of amides is 1. The number of hydrogen-bond acceptors (Lipinski definition) is 4. The summed E-state index contributed by atoms with van der Waals surface area (Å²) in [7, 11) is 1.86. The predicted octanol–water partition coefficient (Wildman–Crippen LogP) is 4.90. The van der Waals surface area contributed by atoms with Crippen molar-refractivity contribution in [2.45, 2.75) is 45.3 Å². The number of benzene rings is 1. The van der Waals surface area contributed by atoms with Crippen molar-refractivity contribution in [1.82, 2.24) is 15.1 Å². The number of nitrogens with one attached hydrogen (secondary N) is 1. The molecule has 1 atom stereocenters. The van der Waals surface area contributed by atoms with Crippen LogP contribution >= 0.6 is 11.3 Å². The van der Waals surface area contributed by atoms with Gasteiger partial charge >= 0.3 is 6.18 Å². The molecule has 3 aromatic rings. The minimum absolute atomic E-state index is 0.00559. The van der Waals surface area contributed by atoms with Gasteiger partial charge in [-0.15, -0.1) is 11.3 Å². The second kappa shape index (κ2) is 9.46. The van der Waals surface area contributed by atoms with Gasteiger partial charge in [-0.3, -0.25) is 9.48 Å². The van der Waals surface area contributed by atoms with Crippen molar-refractivity contribution in [3.05, 3.63) is 63.0 Å². The minimum atomic E-state index is -4.46. The highest BCUT2D eigenvalue weighted by Crippen LogP contribution is 2.36. The van der Waals surface area contributed by atoms with Crippen LogP contribution in [0.2, 0.25) is 0 Å². The Hall–Kier alpha value is -2.65. The van der Waals surface area contributed by atoms with Gasteiger partial charge in [-0.1, -0.05) is 32.0 Å². The number of aromatic nitrogens is 2. The first-order valence-electron chi connectivity index (χ1n) is 10.3. The molecule has 2 heterocycles. The fourth-order valence-corrected chi connectivity index (χ4v) is 4.65. The molecular weight excluding hydrogens is 437 g/mol. The molecule has 0 aliphatic heterocycles. The van der Waals surface area contributed by atoms with E-state index in [9.17, 15) is 18.0 Å². The molecule has 0 saturated heterocycles. The number of hydrogen-bond donors (Lipinski definition) is 2. The molecule has 0 aliphatic carbocycles. The third kappa shape index (κ3) is 5.05. The van der Waals surface area contributed by atoms with Crippen LogP contribution in [0.5, 0.6) is 0 Å². The Bertz CT molecular complexity index is 1100. The van der Waals surface area contributed by atoms with Crippen molar-refractivity contribution in [2.24, 2.45) is 12.8 Å².